The topological polar surface area (TPSA) is 55.1 Å². The molecule has 0 aromatic heterocycles. The molecule has 0 heterocycles. The van der Waals surface area contributed by atoms with Gasteiger partial charge in [0, 0.05) is 6.54 Å². The fourth-order valence-electron chi connectivity index (χ4n) is 2.45. The van der Waals surface area contributed by atoms with Gasteiger partial charge >= 0.3 is 0 Å². The molecular formula is C13H15F3N2O. The molecule has 1 aromatic carbocycles. The van der Waals surface area contributed by atoms with E-state index in [1.807, 2.05) is 0 Å². The van der Waals surface area contributed by atoms with Gasteiger partial charge in [-0.2, -0.15) is 0 Å². The molecular weight excluding hydrogens is 257 g/mol. The van der Waals surface area contributed by atoms with E-state index in [-0.39, 0.29) is 12.2 Å². The SMILES string of the molecule is NCC1(C(=O)Nc2ccc(F)c(F)c2F)CCCC1. The van der Waals surface area contributed by atoms with Crippen LogP contribution in [0.3, 0.4) is 0 Å². The van der Waals surface area contributed by atoms with E-state index in [9.17, 15) is 18.0 Å². The van der Waals surface area contributed by atoms with Gasteiger partial charge in [-0.05, 0) is 25.0 Å². The van der Waals surface area contributed by atoms with Crippen LogP contribution in [0.4, 0.5) is 18.9 Å². The number of halogens is 3. The normalized spacial score (nSPS) is 17.5. The van der Waals surface area contributed by atoms with Crippen molar-refractivity contribution in [2.45, 2.75) is 25.7 Å². The number of nitrogens with two attached hydrogens (primary N) is 1. The van der Waals surface area contributed by atoms with Crippen molar-refractivity contribution in [3.8, 4) is 0 Å². The molecule has 1 saturated carbocycles. The van der Waals surface area contributed by atoms with E-state index in [0.29, 0.717) is 12.8 Å². The van der Waals surface area contributed by atoms with Gasteiger partial charge in [0.25, 0.3) is 0 Å². The maximum Gasteiger partial charge on any atom is 0.231 e. The van der Waals surface area contributed by atoms with Crippen molar-refractivity contribution in [1.82, 2.24) is 0 Å². The van der Waals surface area contributed by atoms with Crippen LogP contribution < -0.4 is 11.1 Å². The first-order chi connectivity index (χ1) is 9.00. The van der Waals surface area contributed by atoms with Crippen molar-refractivity contribution in [3.05, 3.63) is 29.6 Å². The molecule has 19 heavy (non-hydrogen) atoms. The van der Waals surface area contributed by atoms with E-state index in [2.05, 4.69) is 5.32 Å². The highest BCUT2D eigenvalue weighted by Gasteiger charge is 2.40. The molecule has 0 atom stereocenters. The summed E-state index contributed by atoms with van der Waals surface area (Å²) < 4.78 is 39.3. The Balaban J connectivity index is 2.22. The van der Waals surface area contributed by atoms with E-state index in [0.717, 1.165) is 25.0 Å². The van der Waals surface area contributed by atoms with Crippen LogP contribution in [0.5, 0.6) is 0 Å². The molecule has 3 nitrogen and oxygen atoms in total. The Morgan fingerprint density at radius 3 is 2.42 bits per heavy atom. The zero-order valence-electron chi connectivity index (χ0n) is 10.3. The van der Waals surface area contributed by atoms with Crippen molar-refractivity contribution in [3.63, 3.8) is 0 Å². The summed E-state index contributed by atoms with van der Waals surface area (Å²) in [6.45, 7) is 0.157. The van der Waals surface area contributed by atoms with Crippen LogP contribution >= 0.6 is 0 Å². The third-order valence-corrected chi connectivity index (χ3v) is 3.72. The van der Waals surface area contributed by atoms with Crippen molar-refractivity contribution in [2.75, 3.05) is 11.9 Å². The lowest BCUT2D eigenvalue weighted by Gasteiger charge is -2.25. The first-order valence-electron chi connectivity index (χ1n) is 6.15. The van der Waals surface area contributed by atoms with Crippen LogP contribution in [0.2, 0.25) is 0 Å². The number of rotatable bonds is 3. The lowest BCUT2D eigenvalue weighted by molar-refractivity contribution is -0.124. The number of benzene rings is 1. The molecule has 0 unspecified atom stereocenters. The van der Waals surface area contributed by atoms with Crippen molar-refractivity contribution >= 4 is 11.6 Å². The van der Waals surface area contributed by atoms with Crippen LogP contribution in [0.15, 0.2) is 12.1 Å². The summed E-state index contributed by atoms with van der Waals surface area (Å²) in [5, 5.41) is 2.31. The Bertz CT molecular complexity index is 499. The second-order valence-electron chi connectivity index (χ2n) is 4.87. The predicted molar refractivity (Wildman–Crippen MR) is 64.9 cm³/mol. The molecule has 0 radical (unpaired) electrons. The minimum atomic E-state index is -1.59. The molecule has 0 aliphatic heterocycles. The van der Waals surface area contributed by atoms with Gasteiger partial charge in [-0.15, -0.1) is 0 Å². The fraction of sp³-hybridized carbons (Fsp3) is 0.462. The number of amides is 1. The van der Waals surface area contributed by atoms with Crippen LogP contribution in [-0.2, 0) is 4.79 Å². The molecule has 104 valence electrons. The quantitative estimate of drug-likeness (QED) is 0.831. The third-order valence-electron chi connectivity index (χ3n) is 3.72. The minimum Gasteiger partial charge on any atom is -0.329 e. The van der Waals surface area contributed by atoms with Crippen molar-refractivity contribution in [2.24, 2.45) is 11.1 Å². The summed E-state index contributed by atoms with van der Waals surface area (Å²) in [5.74, 6) is -4.70. The molecule has 6 heteroatoms. The zero-order chi connectivity index (χ0) is 14.0. The lowest BCUT2D eigenvalue weighted by atomic mass is 9.85. The molecule has 1 aromatic rings. The predicted octanol–water partition coefficient (Wildman–Crippen LogP) is 2.56. The summed E-state index contributed by atoms with van der Waals surface area (Å²) >= 11 is 0. The molecule has 1 amide bonds. The van der Waals surface area contributed by atoms with Crippen LogP contribution in [0, 0.1) is 22.9 Å². The molecule has 1 fully saturated rings. The maximum absolute atomic E-state index is 13.5. The number of hydrogen-bond donors (Lipinski definition) is 2. The number of carbonyl (C=O) groups is 1. The van der Waals surface area contributed by atoms with Gasteiger partial charge in [0.2, 0.25) is 5.91 Å². The van der Waals surface area contributed by atoms with E-state index < -0.39 is 28.8 Å². The summed E-state index contributed by atoms with van der Waals surface area (Å²) in [7, 11) is 0. The molecule has 2 rings (SSSR count). The highest BCUT2D eigenvalue weighted by Crippen LogP contribution is 2.38. The number of anilines is 1. The monoisotopic (exact) mass is 272 g/mol. The largest absolute Gasteiger partial charge is 0.329 e. The first kappa shape index (κ1) is 13.9. The highest BCUT2D eigenvalue weighted by molar-refractivity contribution is 5.95. The summed E-state index contributed by atoms with van der Waals surface area (Å²) in [6.07, 6.45) is 3.01. The van der Waals surface area contributed by atoms with E-state index in [4.69, 9.17) is 5.73 Å². The van der Waals surface area contributed by atoms with Crippen molar-refractivity contribution in [1.29, 1.82) is 0 Å². The summed E-state index contributed by atoms with van der Waals surface area (Å²) in [5.41, 5.74) is 4.54. The van der Waals surface area contributed by atoms with Crippen LogP contribution in [0.25, 0.3) is 0 Å². The fourth-order valence-corrected chi connectivity index (χ4v) is 2.45. The number of nitrogens with one attached hydrogen (secondary N) is 1. The van der Waals surface area contributed by atoms with Gasteiger partial charge in [0.15, 0.2) is 17.5 Å². The van der Waals surface area contributed by atoms with Crippen LogP contribution in [0.1, 0.15) is 25.7 Å². The van der Waals surface area contributed by atoms with Crippen molar-refractivity contribution < 1.29 is 18.0 Å². The Hall–Kier alpha value is -1.56. The Morgan fingerprint density at radius 1 is 1.21 bits per heavy atom. The second-order valence-corrected chi connectivity index (χ2v) is 4.87. The molecule has 1 aliphatic rings. The zero-order valence-corrected chi connectivity index (χ0v) is 10.3. The van der Waals surface area contributed by atoms with Gasteiger partial charge in [-0.25, -0.2) is 13.2 Å². The van der Waals surface area contributed by atoms with Gasteiger partial charge in [-0.1, -0.05) is 12.8 Å². The van der Waals surface area contributed by atoms with E-state index >= 15 is 0 Å². The average molecular weight is 272 g/mol. The molecule has 0 spiro atoms. The first-order valence-corrected chi connectivity index (χ1v) is 6.15. The van der Waals surface area contributed by atoms with Crippen LogP contribution in [-0.4, -0.2) is 12.5 Å². The Kier molecular flexibility index (Phi) is 3.80. The third kappa shape index (κ3) is 2.45. The minimum absolute atomic E-state index is 0.157. The lowest BCUT2D eigenvalue weighted by Crippen LogP contribution is -2.40. The standard InChI is InChI=1S/C13H15F3N2O/c14-8-3-4-9(11(16)10(8)15)18-12(19)13(7-17)5-1-2-6-13/h3-4H,1-2,5-7,17H2,(H,18,19). The van der Waals surface area contributed by atoms with Gasteiger partial charge < -0.3 is 11.1 Å². The van der Waals surface area contributed by atoms with E-state index in [1.54, 1.807) is 0 Å². The second kappa shape index (κ2) is 5.21. The maximum atomic E-state index is 13.5. The number of carbonyl (C=O) groups excluding carboxylic acids is 1. The molecule has 1 aliphatic carbocycles. The smallest absolute Gasteiger partial charge is 0.231 e. The molecule has 0 saturated heterocycles. The van der Waals surface area contributed by atoms with E-state index in [1.165, 1.54) is 0 Å². The number of hydrogen-bond acceptors (Lipinski definition) is 2. The molecule has 0 bridgehead atoms. The summed E-state index contributed by atoms with van der Waals surface area (Å²) in [4.78, 5) is 12.1. The Morgan fingerprint density at radius 2 is 1.84 bits per heavy atom. The Labute approximate surface area is 109 Å². The highest BCUT2D eigenvalue weighted by atomic mass is 19.2. The van der Waals surface area contributed by atoms with Gasteiger partial charge in [-0.3, -0.25) is 4.79 Å². The summed E-state index contributed by atoms with van der Waals surface area (Å²) in [6, 6.07) is 1.78. The molecule has 3 N–H and O–H groups in total. The van der Waals surface area contributed by atoms with Gasteiger partial charge in [0.05, 0.1) is 11.1 Å². The average Bonchev–Trinajstić information content (AvgIpc) is 2.89. The van der Waals surface area contributed by atoms with Gasteiger partial charge in [0.1, 0.15) is 0 Å².